The van der Waals surface area contributed by atoms with Gasteiger partial charge in [-0.05, 0) is 48.7 Å². The molecule has 0 fully saturated rings. The molecule has 8 nitrogen and oxygen atoms in total. The molecule has 0 aliphatic rings. The molecule has 39 heavy (non-hydrogen) atoms. The molecule has 3 aromatic rings. The molecule has 208 valence electrons. The summed E-state index contributed by atoms with van der Waals surface area (Å²) < 4.78 is 33.9. The summed E-state index contributed by atoms with van der Waals surface area (Å²) in [5, 5.41) is 3.30. The van der Waals surface area contributed by atoms with Crippen molar-refractivity contribution in [2.45, 2.75) is 38.3 Å². The molecular weight excluding hydrogens is 538 g/mol. The molecule has 1 atom stereocenters. The third-order valence-corrected chi connectivity index (χ3v) is 8.26. The molecule has 3 aromatic carbocycles. The van der Waals surface area contributed by atoms with Crippen molar-refractivity contribution < 1.29 is 22.7 Å². The lowest BCUT2D eigenvalue weighted by atomic mass is 10.1. The number of rotatable bonds is 12. The van der Waals surface area contributed by atoms with Crippen LogP contribution >= 0.6 is 11.6 Å². The van der Waals surface area contributed by atoms with E-state index >= 15 is 0 Å². The number of nitrogens with zero attached hydrogens (tertiary/aromatic N) is 2. The third kappa shape index (κ3) is 7.74. The van der Waals surface area contributed by atoms with Crippen LogP contribution in [-0.2, 0) is 26.2 Å². The number of halogens is 1. The molecule has 0 radical (unpaired) electrons. The summed E-state index contributed by atoms with van der Waals surface area (Å²) in [5.41, 5.74) is 0.885. The Kier molecular flexibility index (Phi) is 10.4. The molecule has 0 saturated carbocycles. The van der Waals surface area contributed by atoms with Crippen LogP contribution in [0.2, 0.25) is 5.02 Å². The highest BCUT2D eigenvalue weighted by Gasteiger charge is 2.33. The minimum Gasteiger partial charge on any atom is -0.497 e. The van der Waals surface area contributed by atoms with Crippen molar-refractivity contribution in [1.82, 2.24) is 10.2 Å². The normalized spacial score (nSPS) is 12.1. The van der Waals surface area contributed by atoms with Crippen molar-refractivity contribution in [3.8, 4) is 5.75 Å². The highest BCUT2D eigenvalue weighted by Crippen LogP contribution is 2.28. The Morgan fingerprint density at radius 1 is 0.949 bits per heavy atom. The largest absolute Gasteiger partial charge is 0.497 e. The van der Waals surface area contributed by atoms with Crippen LogP contribution in [-0.4, -0.2) is 51.4 Å². The first-order chi connectivity index (χ1) is 18.5. The summed E-state index contributed by atoms with van der Waals surface area (Å²) >= 11 is 6.39. The number of hydrogen-bond acceptors (Lipinski definition) is 5. The fraction of sp³-hybridized carbons (Fsp3) is 0.310. The van der Waals surface area contributed by atoms with Crippen LogP contribution in [0.25, 0.3) is 0 Å². The molecule has 0 unspecified atom stereocenters. The Labute approximate surface area is 235 Å². The van der Waals surface area contributed by atoms with Crippen LogP contribution in [0.3, 0.4) is 0 Å². The van der Waals surface area contributed by atoms with Crippen LogP contribution in [0.4, 0.5) is 5.69 Å². The number of carbonyl (C=O) groups excluding carboxylic acids is 2. The van der Waals surface area contributed by atoms with E-state index in [1.807, 2.05) is 13.8 Å². The van der Waals surface area contributed by atoms with Gasteiger partial charge in [0.05, 0.1) is 17.7 Å². The van der Waals surface area contributed by atoms with E-state index in [2.05, 4.69) is 5.32 Å². The maximum absolute atomic E-state index is 13.9. The van der Waals surface area contributed by atoms with E-state index in [9.17, 15) is 18.0 Å². The van der Waals surface area contributed by atoms with Gasteiger partial charge in [-0.15, -0.1) is 0 Å². The van der Waals surface area contributed by atoms with Gasteiger partial charge in [0.15, 0.2) is 0 Å². The molecule has 0 aliphatic carbocycles. The average Bonchev–Trinajstić information content (AvgIpc) is 2.94. The Morgan fingerprint density at radius 2 is 1.62 bits per heavy atom. The number of benzene rings is 3. The molecule has 0 heterocycles. The number of methoxy groups -OCH3 is 1. The predicted octanol–water partition coefficient (Wildman–Crippen LogP) is 4.73. The Bertz CT molecular complexity index is 1380. The van der Waals surface area contributed by atoms with E-state index in [4.69, 9.17) is 16.3 Å². The molecule has 1 N–H and O–H groups in total. The van der Waals surface area contributed by atoms with Crippen molar-refractivity contribution in [3.63, 3.8) is 0 Å². The minimum atomic E-state index is -4.15. The number of ether oxygens (including phenoxy) is 1. The number of nitrogens with one attached hydrogen (secondary N) is 1. The van der Waals surface area contributed by atoms with Crippen molar-refractivity contribution in [2.75, 3.05) is 24.5 Å². The Balaban J connectivity index is 2.03. The van der Waals surface area contributed by atoms with Gasteiger partial charge in [-0.25, -0.2) is 8.42 Å². The predicted molar refractivity (Wildman–Crippen MR) is 153 cm³/mol. The summed E-state index contributed by atoms with van der Waals surface area (Å²) in [7, 11) is -2.68. The second-order valence-corrected chi connectivity index (χ2v) is 11.7. The maximum atomic E-state index is 13.9. The molecular formula is C29H34ClN3O5S. The lowest BCUT2D eigenvalue weighted by Crippen LogP contribution is -2.51. The number of anilines is 1. The number of hydrogen-bond donors (Lipinski definition) is 1. The van der Waals surface area contributed by atoms with Gasteiger partial charge in [-0.1, -0.05) is 67.9 Å². The fourth-order valence-electron chi connectivity index (χ4n) is 3.86. The van der Waals surface area contributed by atoms with Gasteiger partial charge in [-0.3, -0.25) is 13.9 Å². The molecule has 3 rings (SSSR count). The second-order valence-electron chi connectivity index (χ2n) is 9.45. The van der Waals surface area contributed by atoms with E-state index < -0.39 is 28.5 Å². The van der Waals surface area contributed by atoms with Gasteiger partial charge in [0.2, 0.25) is 11.8 Å². The molecule has 0 saturated heterocycles. The van der Waals surface area contributed by atoms with Gasteiger partial charge in [0.1, 0.15) is 18.3 Å². The van der Waals surface area contributed by atoms with E-state index in [0.29, 0.717) is 22.9 Å². The first kappa shape index (κ1) is 30.0. The molecule has 0 aromatic heterocycles. The van der Waals surface area contributed by atoms with Crippen molar-refractivity contribution in [2.24, 2.45) is 5.92 Å². The van der Waals surface area contributed by atoms with Crippen molar-refractivity contribution >= 4 is 39.1 Å². The van der Waals surface area contributed by atoms with E-state index in [1.54, 1.807) is 73.7 Å². The fourth-order valence-corrected chi connectivity index (χ4v) is 5.48. The number of amides is 2. The molecule has 0 bridgehead atoms. The lowest BCUT2D eigenvalue weighted by Gasteiger charge is -2.32. The zero-order valence-corrected chi connectivity index (χ0v) is 24.1. The van der Waals surface area contributed by atoms with E-state index in [-0.39, 0.29) is 29.0 Å². The highest BCUT2D eigenvalue weighted by molar-refractivity contribution is 7.92. The summed E-state index contributed by atoms with van der Waals surface area (Å²) in [5.74, 6) is -0.261. The summed E-state index contributed by atoms with van der Waals surface area (Å²) in [6, 6.07) is 20.5. The van der Waals surface area contributed by atoms with Crippen molar-refractivity contribution in [3.05, 3.63) is 89.4 Å². The van der Waals surface area contributed by atoms with Crippen LogP contribution < -0.4 is 14.4 Å². The second kappa shape index (κ2) is 13.5. The van der Waals surface area contributed by atoms with Crippen LogP contribution in [0.1, 0.15) is 26.3 Å². The SMILES string of the molecule is COc1cccc(N(CC(=O)N(Cc2ccccc2Cl)[C@H](C)C(=O)NCC(C)C)S(=O)(=O)c2ccccc2)c1. The first-order valence-corrected chi connectivity index (χ1v) is 14.4. The zero-order valence-electron chi connectivity index (χ0n) is 22.5. The Morgan fingerprint density at radius 3 is 2.26 bits per heavy atom. The highest BCUT2D eigenvalue weighted by atomic mass is 35.5. The standard InChI is InChI=1S/C29H34ClN3O5S/c1-21(2)18-31-29(35)22(3)32(19-23-11-8-9-16-27(23)30)28(34)20-33(24-12-10-13-25(17-24)38-4)39(36,37)26-14-6-5-7-15-26/h5-17,21-22H,18-20H2,1-4H3,(H,31,35)/t22-/m1/s1. The Hall–Kier alpha value is -3.56. The minimum absolute atomic E-state index is 0.0199. The monoisotopic (exact) mass is 571 g/mol. The van der Waals surface area contributed by atoms with E-state index in [0.717, 1.165) is 4.31 Å². The zero-order chi connectivity index (χ0) is 28.6. The van der Waals surface area contributed by atoms with Crippen LogP contribution in [0.15, 0.2) is 83.8 Å². The smallest absolute Gasteiger partial charge is 0.264 e. The van der Waals surface area contributed by atoms with E-state index in [1.165, 1.54) is 24.1 Å². The summed E-state index contributed by atoms with van der Waals surface area (Å²) in [4.78, 5) is 28.3. The maximum Gasteiger partial charge on any atom is 0.264 e. The summed E-state index contributed by atoms with van der Waals surface area (Å²) in [6.45, 7) is 5.47. The average molecular weight is 572 g/mol. The lowest BCUT2D eigenvalue weighted by molar-refractivity contribution is -0.139. The summed E-state index contributed by atoms with van der Waals surface area (Å²) in [6.07, 6.45) is 0. The molecule has 2 amide bonds. The molecule has 10 heteroatoms. The van der Waals surface area contributed by atoms with Crippen molar-refractivity contribution in [1.29, 1.82) is 0 Å². The van der Waals surface area contributed by atoms with Crippen LogP contribution in [0.5, 0.6) is 5.75 Å². The van der Waals surface area contributed by atoms with Gasteiger partial charge < -0.3 is 15.0 Å². The third-order valence-electron chi connectivity index (χ3n) is 6.10. The number of carbonyl (C=O) groups is 2. The van der Waals surface area contributed by atoms with Gasteiger partial charge >= 0.3 is 0 Å². The van der Waals surface area contributed by atoms with Gasteiger partial charge in [0, 0.05) is 24.2 Å². The van der Waals surface area contributed by atoms with Gasteiger partial charge in [-0.2, -0.15) is 0 Å². The van der Waals surface area contributed by atoms with Crippen LogP contribution in [0, 0.1) is 5.92 Å². The quantitative estimate of drug-likeness (QED) is 0.339. The molecule has 0 spiro atoms. The van der Waals surface area contributed by atoms with Gasteiger partial charge in [0.25, 0.3) is 10.0 Å². The first-order valence-electron chi connectivity index (χ1n) is 12.6. The molecule has 0 aliphatic heterocycles. The topological polar surface area (TPSA) is 96.0 Å². The number of sulfonamides is 1.